The van der Waals surface area contributed by atoms with Crippen LogP contribution in [0.15, 0.2) is 82.7 Å². The van der Waals surface area contributed by atoms with E-state index in [4.69, 9.17) is 0 Å². The molecule has 164 valence electrons. The largest absolute Gasteiger partial charge is 0.318 e. The van der Waals surface area contributed by atoms with Crippen molar-refractivity contribution in [2.24, 2.45) is 4.99 Å². The normalized spacial score (nSPS) is 16.2. The number of thioether (sulfide) groups is 1. The van der Waals surface area contributed by atoms with E-state index in [0.717, 1.165) is 34.7 Å². The van der Waals surface area contributed by atoms with Crippen LogP contribution in [0.4, 0.5) is 5.69 Å². The number of benzene rings is 3. The number of nitrogens with one attached hydrogen (secondary N) is 1. The summed E-state index contributed by atoms with van der Waals surface area (Å²) in [5.74, 6) is -0.112. The average Bonchev–Trinajstić information content (AvgIpc) is 3.31. The summed E-state index contributed by atoms with van der Waals surface area (Å²) in [6.07, 6.45) is 2.95. The number of amides is 1. The van der Waals surface area contributed by atoms with Gasteiger partial charge in [-0.25, -0.2) is 4.99 Å². The van der Waals surface area contributed by atoms with E-state index in [1.54, 1.807) is 0 Å². The molecule has 1 fully saturated rings. The van der Waals surface area contributed by atoms with Gasteiger partial charge < -0.3 is 9.88 Å². The third kappa shape index (κ3) is 4.24. The van der Waals surface area contributed by atoms with Gasteiger partial charge in [0.05, 0.1) is 10.6 Å². The molecule has 0 bridgehead atoms. The van der Waals surface area contributed by atoms with Gasteiger partial charge in [0, 0.05) is 17.1 Å². The van der Waals surface area contributed by atoms with Crippen LogP contribution in [0.1, 0.15) is 29.4 Å². The predicted octanol–water partition coefficient (Wildman–Crippen LogP) is 6.70. The molecule has 0 radical (unpaired) electrons. The zero-order valence-corrected chi connectivity index (χ0v) is 19.7. The van der Waals surface area contributed by atoms with Gasteiger partial charge in [0.2, 0.25) is 0 Å². The molecule has 33 heavy (non-hydrogen) atoms. The molecule has 0 spiro atoms. The van der Waals surface area contributed by atoms with E-state index in [1.807, 2.05) is 18.2 Å². The highest BCUT2D eigenvalue weighted by Crippen LogP contribution is 2.31. The maximum absolute atomic E-state index is 12.6. The molecule has 0 saturated carbocycles. The van der Waals surface area contributed by atoms with E-state index in [1.165, 1.54) is 28.1 Å². The Labute approximate surface area is 198 Å². The van der Waals surface area contributed by atoms with Crippen molar-refractivity contribution in [2.75, 3.05) is 0 Å². The van der Waals surface area contributed by atoms with E-state index >= 15 is 0 Å². The molecule has 5 heteroatoms. The van der Waals surface area contributed by atoms with Crippen molar-refractivity contribution >= 4 is 45.4 Å². The van der Waals surface area contributed by atoms with Crippen LogP contribution in [0.5, 0.6) is 0 Å². The minimum Gasteiger partial charge on any atom is -0.318 e. The monoisotopic (exact) mass is 451 g/mol. The maximum atomic E-state index is 12.6. The Bertz CT molecular complexity index is 1430. The molecule has 0 atom stereocenters. The number of aromatic nitrogens is 1. The zero-order valence-electron chi connectivity index (χ0n) is 18.9. The van der Waals surface area contributed by atoms with E-state index in [2.05, 4.69) is 96.3 Å². The van der Waals surface area contributed by atoms with Crippen molar-refractivity contribution in [3.8, 4) is 5.69 Å². The summed E-state index contributed by atoms with van der Waals surface area (Å²) in [5, 5.41) is 5.94. The molecule has 1 aliphatic heterocycles. The third-order valence-electron chi connectivity index (χ3n) is 5.97. The molecule has 1 aromatic heterocycles. The second-order valence-electron chi connectivity index (χ2n) is 8.20. The number of hydrogen-bond donors (Lipinski definition) is 1. The fraction of sp³-hybridized carbons (Fsp3) is 0.143. The van der Waals surface area contributed by atoms with Gasteiger partial charge in [0.1, 0.15) is 0 Å². The van der Waals surface area contributed by atoms with E-state index in [-0.39, 0.29) is 5.91 Å². The van der Waals surface area contributed by atoms with Gasteiger partial charge in [0.15, 0.2) is 5.17 Å². The highest BCUT2D eigenvalue weighted by molar-refractivity contribution is 8.18. The Balaban J connectivity index is 1.44. The minimum atomic E-state index is -0.112. The topological polar surface area (TPSA) is 46.4 Å². The van der Waals surface area contributed by atoms with Crippen molar-refractivity contribution in [3.05, 3.63) is 100 Å². The fourth-order valence-electron chi connectivity index (χ4n) is 4.19. The van der Waals surface area contributed by atoms with Crippen molar-refractivity contribution < 1.29 is 4.79 Å². The molecule has 1 aliphatic rings. The predicted molar refractivity (Wildman–Crippen MR) is 139 cm³/mol. The van der Waals surface area contributed by atoms with Gasteiger partial charge in [-0.3, -0.25) is 4.79 Å². The van der Waals surface area contributed by atoms with Crippen LogP contribution < -0.4 is 5.32 Å². The quantitative estimate of drug-likeness (QED) is 0.351. The summed E-state index contributed by atoms with van der Waals surface area (Å²) >= 11 is 1.38. The van der Waals surface area contributed by atoms with Crippen molar-refractivity contribution in [1.82, 2.24) is 9.88 Å². The number of aliphatic imine (C=N–C) groups is 1. The minimum absolute atomic E-state index is 0.112. The Morgan fingerprint density at radius 2 is 1.73 bits per heavy atom. The summed E-state index contributed by atoms with van der Waals surface area (Å²) in [5.41, 5.74) is 6.49. The van der Waals surface area contributed by atoms with Gasteiger partial charge in [-0.05, 0) is 90.3 Å². The van der Waals surface area contributed by atoms with E-state index in [0.29, 0.717) is 10.1 Å². The average molecular weight is 452 g/mol. The molecule has 1 saturated heterocycles. The lowest BCUT2D eigenvalue weighted by molar-refractivity contribution is -0.115. The summed E-state index contributed by atoms with van der Waals surface area (Å²) in [7, 11) is 0. The Morgan fingerprint density at radius 1 is 0.970 bits per heavy atom. The Hall–Kier alpha value is -3.57. The summed E-state index contributed by atoms with van der Waals surface area (Å²) in [6, 6.07) is 25.1. The molecule has 0 unspecified atom stereocenters. The molecular weight excluding hydrogens is 426 g/mol. The van der Waals surface area contributed by atoms with Gasteiger partial charge in [-0.2, -0.15) is 0 Å². The van der Waals surface area contributed by atoms with Crippen molar-refractivity contribution in [3.63, 3.8) is 0 Å². The first-order valence-electron chi connectivity index (χ1n) is 11.1. The van der Waals surface area contributed by atoms with Crippen LogP contribution in [-0.2, 0) is 11.2 Å². The SMILES string of the molecule is CCc1ccc(N=C2NC(=O)/C(=C/c3cc(C)n(-c4ccc5ccccc5c4)c3C)S2)cc1. The molecule has 4 nitrogen and oxygen atoms in total. The molecule has 5 rings (SSSR count). The number of hydrogen-bond acceptors (Lipinski definition) is 3. The first-order valence-corrected chi connectivity index (χ1v) is 11.9. The molecule has 1 N–H and O–H groups in total. The number of fused-ring (bicyclic) bond motifs is 1. The highest BCUT2D eigenvalue weighted by atomic mass is 32.2. The summed E-state index contributed by atoms with van der Waals surface area (Å²) < 4.78 is 2.24. The van der Waals surface area contributed by atoms with Gasteiger partial charge in [0.25, 0.3) is 5.91 Å². The van der Waals surface area contributed by atoms with Crippen LogP contribution in [0.3, 0.4) is 0 Å². The number of amidine groups is 1. The van der Waals surface area contributed by atoms with Crippen molar-refractivity contribution in [2.45, 2.75) is 27.2 Å². The van der Waals surface area contributed by atoms with E-state index < -0.39 is 0 Å². The maximum Gasteiger partial charge on any atom is 0.264 e. The van der Waals surface area contributed by atoms with E-state index in [9.17, 15) is 4.79 Å². The number of carbonyl (C=O) groups excluding carboxylic acids is 1. The Morgan fingerprint density at radius 3 is 2.48 bits per heavy atom. The molecule has 3 aromatic carbocycles. The molecule has 4 aromatic rings. The lowest BCUT2D eigenvalue weighted by Gasteiger charge is -2.11. The number of aryl methyl sites for hydroxylation is 2. The zero-order chi connectivity index (χ0) is 22.9. The highest BCUT2D eigenvalue weighted by Gasteiger charge is 2.24. The van der Waals surface area contributed by atoms with Gasteiger partial charge >= 0.3 is 0 Å². The fourth-order valence-corrected chi connectivity index (χ4v) is 5.02. The van der Waals surface area contributed by atoms with Crippen LogP contribution >= 0.6 is 11.8 Å². The molecule has 0 aliphatic carbocycles. The number of rotatable bonds is 4. The van der Waals surface area contributed by atoms with Crippen LogP contribution in [0.25, 0.3) is 22.5 Å². The lowest BCUT2D eigenvalue weighted by atomic mass is 10.1. The Kier molecular flexibility index (Phi) is 5.65. The smallest absolute Gasteiger partial charge is 0.264 e. The third-order valence-corrected chi connectivity index (χ3v) is 6.88. The van der Waals surface area contributed by atoms with Crippen LogP contribution in [-0.4, -0.2) is 15.6 Å². The van der Waals surface area contributed by atoms with Crippen molar-refractivity contribution in [1.29, 1.82) is 0 Å². The summed E-state index contributed by atoms with van der Waals surface area (Å²) in [4.78, 5) is 17.9. The van der Waals surface area contributed by atoms with Crippen LogP contribution in [0.2, 0.25) is 0 Å². The first-order chi connectivity index (χ1) is 16.0. The molecular formula is C28H25N3OS. The second kappa shape index (κ2) is 8.75. The molecule has 2 heterocycles. The first kappa shape index (κ1) is 21.3. The summed E-state index contributed by atoms with van der Waals surface area (Å²) in [6.45, 7) is 6.32. The standard InChI is InChI=1S/C28H25N3OS/c1-4-20-9-12-24(13-10-20)29-28-30-27(32)26(33-28)17-23-15-18(2)31(19(23)3)25-14-11-21-7-5-6-8-22(21)16-25/h5-17H,4H2,1-3H3,(H,29,30,32)/b26-17-. The molecule has 1 amide bonds. The van der Waals surface area contributed by atoms with Crippen LogP contribution in [0, 0.1) is 13.8 Å². The number of carbonyl (C=O) groups is 1. The van der Waals surface area contributed by atoms with Gasteiger partial charge in [-0.15, -0.1) is 0 Å². The second-order valence-corrected chi connectivity index (χ2v) is 9.23. The number of nitrogens with zero attached hydrogens (tertiary/aromatic N) is 2. The van der Waals surface area contributed by atoms with Gasteiger partial charge in [-0.1, -0.05) is 49.4 Å². The lowest BCUT2D eigenvalue weighted by Crippen LogP contribution is -2.19.